The first kappa shape index (κ1) is 33.4. The lowest BCUT2D eigenvalue weighted by atomic mass is 9.86. The van der Waals surface area contributed by atoms with Crippen LogP contribution < -0.4 is 0 Å². The van der Waals surface area contributed by atoms with Crippen molar-refractivity contribution in [2.24, 2.45) is 5.92 Å². The third-order valence-corrected chi connectivity index (χ3v) is 11.4. The topological polar surface area (TPSA) is 87.2 Å². The van der Waals surface area contributed by atoms with E-state index in [9.17, 15) is 18.0 Å². The summed E-state index contributed by atoms with van der Waals surface area (Å²) < 4.78 is 23.8. The highest BCUT2D eigenvalue weighted by Gasteiger charge is 2.49. The molecule has 6 rings (SSSR count). The van der Waals surface area contributed by atoms with E-state index < -0.39 is 15.4 Å². The number of likely N-dealkylation sites (tertiary alicyclic amines) is 1. The van der Waals surface area contributed by atoms with Gasteiger partial charge in [0.25, 0.3) is 0 Å². The molecule has 8 nitrogen and oxygen atoms in total. The fourth-order valence-corrected chi connectivity index (χ4v) is 8.30. The third kappa shape index (κ3) is 7.96. The minimum absolute atomic E-state index is 0.0216. The van der Waals surface area contributed by atoms with Crippen LogP contribution in [0.5, 0.6) is 0 Å². The number of carbonyl (C=O) groups is 2. The van der Waals surface area contributed by atoms with Crippen molar-refractivity contribution >= 4 is 21.7 Å². The summed E-state index contributed by atoms with van der Waals surface area (Å²) in [7, 11) is -3.30. The average Bonchev–Trinajstić information content (AvgIpc) is 3.73. The average molecular weight is 658 g/mol. The van der Waals surface area contributed by atoms with Gasteiger partial charge in [-0.2, -0.15) is 5.06 Å². The number of hydrogen-bond acceptors (Lipinski definition) is 6. The highest BCUT2D eigenvalue weighted by molar-refractivity contribution is 7.90. The van der Waals surface area contributed by atoms with Gasteiger partial charge < -0.3 is 9.80 Å². The van der Waals surface area contributed by atoms with E-state index in [1.165, 1.54) is 11.8 Å². The van der Waals surface area contributed by atoms with Gasteiger partial charge >= 0.3 is 0 Å². The summed E-state index contributed by atoms with van der Waals surface area (Å²) in [6.07, 6.45) is 7.16. The van der Waals surface area contributed by atoms with E-state index in [-0.39, 0.29) is 41.0 Å². The molecule has 3 aromatic rings. The van der Waals surface area contributed by atoms with Crippen LogP contribution in [0.15, 0.2) is 89.8 Å². The fraction of sp³-hybridized carbons (Fsp3) is 0.474. The van der Waals surface area contributed by atoms with Crippen molar-refractivity contribution in [1.29, 1.82) is 0 Å². The van der Waals surface area contributed by atoms with Crippen molar-refractivity contribution in [1.82, 2.24) is 14.9 Å². The van der Waals surface area contributed by atoms with Gasteiger partial charge in [0.05, 0.1) is 17.9 Å². The van der Waals surface area contributed by atoms with Crippen LogP contribution in [0.25, 0.3) is 0 Å². The molecule has 1 aliphatic carbocycles. The molecule has 1 saturated carbocycles. The smallest absolute Gasteiger partial charge is 0.227 e. The van der Waals surface area contributed by atoms with E-state index in [0.29, 0.717) is 32.7 Å². The Morgan fingerprint density at radius 2 is 1.47 bits per heavy atom. The summed E-state index contributed by atoms with van der Waals surface area (Å²) in [5, 5.41) is 2.06. The van der Waals surface area contributed by atoms with Gasteiger partial charge in [0, 0.05) is 50.3 Å². The normalized spacial score (nSPS) is 22.9. The van der Waals surface area contributed by atoms with Gasteiger partial charge in [-0.1, -0.05) is 85.6 Å². The molecule has 3 fully saturated rings. The molecule has 2 saturated heterocycles. The predicted molar refractivity (Wildman–Crippen MR) is 182 cm³/mol. The third-order valence-electron chi connectivity index (χ3n) is 10.3. The Morgan fingerprint density at radius 1 is 0.851 bits per heavy atom. The van der Waals surface area contributed by atoms with Crippen LogP contribution in [-0.2, 0) is 37.2 Å². The minimum atomic E-state index is -3.30. The molecule has 0 spiro atoms. The molecule has 0 unspecified atom stereocenters. The van der Waals surface area contributed by atoms with Crippen LogP contribution in [0.3, 0.4) is 0 Å². The molecular weight excluding hydrogens is 611 g/mol. The van der Waals surface area contributed by atoms with E-state index >= 15 is 0 Å². The number of benzene rings is 3. The fourth-order valence-electron chi connectivity index (χ4n) is 7.67. The van der Waals surface area contributed by atoms with Crippen LogP contribution in [-0.4, -0.2) is 79.2 Å². The van der Waals surface area contributed by atoms with Gasteiger partial charge in [-0.3, -0.25) is 14.4 Å². The summed E-state index contributed by atoms with van der Waals surface area (Å²) in [5.41, 5.74) is 2.50. The van der Waals surface area contributed by atoms with Gasteiger partial charge in [0.1, 0.15) is 5.60 Å². The van der Waals surface area contributed by atoms with Crippen molar-refractivity contribution in [3.05, 3.63) is 102 Å². The van der Waals surface area contributed by atoms with Crippen molar-refractivity contribution < 1.29 is 22.8 Å². The lowest BCUT2D eigenvalue weighted by Gasteiger charge is -2.42. The van der Waals surface area contributed by atoms with E-state index in [4.69, 9.17) is 4.84 Å². The number of sulfone groups is 1. The first-order valence-electron chi connectivity index (χ1n) is 17.0. The molecule has 0 aromatic heterocycles. The van der Waals surface area contributed by atoms with Crippen molar-refractivity contribution in [2.75, 3.05) is 32.4 Å². The Morgan fingerprint density at radius 3 is 2.09 bits per heavy atom. The number of hydrogen-bond donors (Lipinski definition) is 0. The second-order valence-corrected chi connectivity index (χ2v) is 15.8. The number of hydroxylamine groups is 2. The maximum absolute atomic E-state index is 13.8. The Hall–Kier alpha value is -3.53. The predicted octanol–water partition coefficient (Wildman–Crippen LogP) is 5.63. The van der Waals surface area contributed by atoms with E-state index in [2.05, 4.69) is 36.3 Å². The van der Waals surface area contributed by atoms with E-state index in [1.54, 1.807) is 24.3 Å². The van der Waals surface area contributed by atoms with Crippen molar-refractivity contribution in [2.45, 2.75) is 80.9 Å². The molecule has 0 radical (unpaired) electrons. The van der Waals surface area contributed by atoms with Crippen LogP contribution in [0.2, 0.25) is 0 Å². The number of piperidine rings is 1. The van der Waals surface area contributed by atoms with Gasteiger partial charge in [-0.15, -0.1) is 0 Å². The maximum atomic E-state index is 13.8. The molecule has 2 atom stereocenters. The van der Waals surface area contributed by atoms with Gasteiger partial charge in [0.2, 0.25) is 11.8 Å². The molecule has 9 heteroatoms. The standard InChI is InChI=1S/C38H47N3O5S/c1-38(28-39(37(43)32-15-9-10-16-32)27-35(38)31-13-7-4-8-14-31)46-40-23-21-33(22-24-40)41(26-30-11-5-3-6-12-30)36(42)25-29-17-19-34(20-18-29)47(2,44)45/h3-8,11-14,17-20,32-33,35H,9-10,15-16,21-28H2,1-2H3/t35-,38-/m1/s1. The van der Waals surface area contributed by atoms with Crippen LogP contribution in [0, 0.1) is 5.92 Å². The van der Waals surface area contributed by atoms with E-state index in [1.807, 2.05) is 46.2 Å². The highest BCUT2D eigenvalue weighted by atomic mass is 32.2. The molecule has 2 heterocycles. The largest absolute Gasteiger partial charge is 0.339 e. The van der Waals surface area contributed by atoms with E-state index in [0.717, 1.165) is 49.7 Å². The monoisotopic (exact) mass is 657 g/mol. The first-order valence-corrected chi connectivity index (χ1v) is 18.9. The Kier molecular flexibility index (Phi) is 10.2. The van der Waals surface area contributed by atoms with Crippen LogP contribution in [0.4, 0.5) is 0 Å². The second kappa shape index (κ2) is 14.3. The van der Waals surface area contributed by atoms with Gasteiger partial charge in [-0.25, -0.2) is 8.42 Å². The summed E-state index contributed by atoms with van der Waals surface area (Å²) in [6.45, 7) is 5.26. The Labute approximate surface area is 279 Å². The highest BCUT2D eigenvalue weighted by Crippen LogP contribution is 2.41. The summed E-state index contributed by atoms with van der Waals surface area (Å²) in [4.78, 5) is 38.5. The molecule has 3 aliphatic rings. The number of amides is 2. The number of nitrogens with zero attached hydrogens (tertiary/aromatic N) is 3. The molecule has 2 aliphatic heterocycles. The molecule has 250 valence electrons. The maximum Gasteiger partial charge on any atom is 0.227 e. The first-order chi connectivity index (χ1) is 22.6. The molecule has 2 amide bonds. The molecular formula is C38H47N3O5S. The number of rotatable bonds is 10. The van der Waals surface area contributed by atoms with Gasteiger partial charge in [0.15, 0.2) is 9.84 Å². The zero-order chi connectivity index (χ0) is 33.0. The Balaban J connectivity index is 1.14. The van der Waals surface area contributed by atoms with Gasteiger partial charge in [-0.05, 0) is 61.4 Å². The summed E-state index contributed by atoms with van der Waals surface area (Å²) in [6, 6.07) is 27.1. The SMILES string of the molecule is C[C@@]1(ON2CCC(N(Cc3ccccc3)C(=O)Cc3ccc(S(C)(=O)=O)cc3)CC2)CN(C(=O)C2CCCC2)C[C@@H]1c1ccccc1. The summed E-state index contributed by atoms with van der Waals surface area (Å²) >= 11 is 0. The molecule has 0 bridgehead atoms. The summed E-state index contributed by atoms with van der Waals surface area (Å²) in [5.74, 6) is 0.496. The lowest BCUT2D eigenvalue weighted by Crippen LogP contribution is -2.51. The van der Waals surface area contributed by atoms with Crippen molar-refractivity contribution in [3.8, 4) is 0 Å². The quantitative estimate of drug-likeness (QED) is 0.281. The zero-order valence-corrected chi connectivity index (χ0v) is 28.4. The van der Waals surface area contributed by atoms with Crippen LogP contribution >= 0.6 is 0 Å². The Bertz CT molecular complexity index is 1620. The minimum Gasteiger partial charge on any atom is -0.339 e. The second-order valence-electron chi connectivity index (χ2n) is 13.8. The van der Waals surface area contributed by atoms with Crippen LogP contribution in [0.1, 0.15) is 68.1 Å². The molecule has 47 heavy (non-hydrogen) atoms. The van der Waals surface area contributed by atoms with Crippen molar-refractivity contribution in [3.63, 3.8) is 0 Å². The lowest BCUT2D eigenvalue weighted by molar-refractivity contribution is -0.251. The zero-order valence-electron chi connectivity index (χ0n) is 27.6. The number of carbonyl (C=O) groups excluding carboxylic acids is 2. The molecule has 3 aromatic carbocycles. The molecule has 0 N–H and O–H groups in total.